The Kier molecular flexibility index (Phi) is 2.71. The van der Waals surface area contributed by atoms with Gasteiger partial charge in [-0.15, -0.1) is 0 Å². The molecule has 3 nitrogen and oxygen atoms in total. The fourth-order valence-corrected chi connectivity index (χ4v) is 1.18. The lowest BCUT2D eigenvalue weighted by Crippen LogP contribution is -2.15. The van der Waals surface area contributed by atoms with E-state index in [1.54, 1.807) is 18.5 Å². The van der Waals surface area contributed by atoms with Crippen molar-refractivity contribution < 1.29 is 0 Å². The molecule has 1 aliphatic carbocycles. The number of aromatic nitrogens is 2. The standard InChI is InChI=1S/C11H11N3/c1-2-4-7-10(6-3-1)14-11-12-8-5-9-13-11/h1-10H,(H,12,13,14). The zero-order valence-corrected chi connectivity index (χ0v) is 7.67. The summed E-state index contributed by atoms with van der Waals surface area (Å²) in [5, 5.41) is 3.18. The van der Waals surface area contributed by atoms with Crippen molar-refractivity contribution >= 4 is 5.95 Å². The first-order valence-electron chi connectivity index (χ1n) is 4.50. The van der Waals surface area contributed by atoms with Gasteiger partial charge in [0.25, 0.3) is 0 Å². The van der Waals surface area contributed by atoms with E-state index in [9.17, 15) is 0 Å². The molecule has 0 spiro atoms. The maximum atomic E-state index is 4.09. The molecule has 0 saturated carbocycles. The van der Waals surface area contributed by atoms with Crippen LogP contribution in [-0.2, 0) is 0 Å². The summed E-state index contributed by atoms with van der Waals surface area (Å²) < 4.78 is 0. The molecule has 1 aliphatic rings. The Labute approximate surface area is 82.9 Å². The van der Waals surface area contributed by atoms with E-state index in [4.69, 9.17) is 0 Å². The van der Waals surface area contributed by atoms with Gasteiger partial charge in [0.2, 0.25) is 5.95 Å². The molecule has 0 fully saturated rings. The summed E-state index contributed by atoms with van der Waals surface area (Å²) in [4.78, 5) is 8.19. The number of nitrogens with zero attached hydrogens (tertiary/aromatic N) is 2. The van der Waals surface area contributed by atoms with Gasteiger partial charge in [-0.25, -0.2) is 9.97 Å². The van der Waals surface area contributed by atoms with Crippen molar-refractivity contribution in [3.63, 3.8) is 0 Å². The Balaban J connectivity index is 2.05. The predicted octanol–water partition coefficient (Wildman–Crippen LogP) is 1.94. The molecule has 0 radical (unpaired) electrons. The maximum Gasteiger partial charge on any atom is 0.223 e. The van der Waals surface area contributed by atoms with E-state index in [-0.39, 0.29) is 6.04 Å². The molecule has 1 heterocycles. The highest BCUT2D eigenvalue weighted by atomic mass is 15.1. The first-order chi connectivity index (χ1) is 6.95. The van der Waals surface area contributed by atoms with Gasteiger partial charge in [-0.2, -0.15) is 0 Å². The highest BCUT2D eigenvalue weighted by molar-refractivity contribution is 5.33. The molecule has 0 aliphatic heterocycles. The first-order valence-corrected chi connectivity index (χ1v) is 4.50. The molecule has 0 aromatic carbocycles. The lowest BCUT2D eigenvalue weighted by molar-refractivity contribution is 1.03. The van der Waals surface area contributed by atoms with Gasteiger partial charge in [-0.05, 0) is 6.07 Å². The molecule has 1 N–H and O–H groups in total. The minimum Gasteiger partial charge on any atom is -0.345 e. The lowest BCUT2D eigenvalue weighted by Gasteiger charge is -2.08. The molecule has 1 aromatic rings. The van der Waals surface area contributed by atoms with Gasteiger partial charge in [0.1, 0.15) is 0 Å². The molecule has 70 valence electrons. The van der Waals surface area contributed by atoms with E-state index < -0.39 is 0 Å². The van der Waals surface area contributed by atoms with Crippen LogP contribution < -0.4 is 5.32 Å². The Morgan fingerprint density at radius 3 is 2.21 bits per heavy atom. The number of hydrogen-bond donors (Lipinski definition) is 1. The zero-order valence-electron chi connectivity index (χ0n) is 7.67. The van der Waals surface area contributed by atoms with E-state index in [1.807, 2.05) is 24.3 Å². The van der Waals surface area contributed by atoms with Crippen molar-refractivity contribution in [1.29, 1.82) is 0 Å². The fourth-order valence-electron chi connectivity index (χ4n) is 1.18. The Morgan fingerprint density at radius 1 is 0.929 bits per heavy atom. The highest BCUT2D eigenvalue weighted by Crippen LogP contribution is 2.03. The van der Waals surface area contributed by atoms with Crippen molar-refractivity contribution in [2.24, 2.45) is 0 Å². The molecule has 0 saturated heterocycles. The molecule has 2 rings (SSSR count). The van der Waals surface area contributed by atoms with Gasteiger partial charge in [0.15, 0.2) is 0 Å². The quantitative estimate of drug-likeness (QED) is 0.765. The van der Waals surface area contributed by atoms with Crippen LogP contribution in [0.25, 0.3) is 0 Å². The molecular formula is C11H11N3. The topological polar surface area (TPSA) is 37.8 Å². The molecule has 3 heteroatoms. The van der Waals surface area contributed by atoms with Crippen LogP contribution in [0.4, 0.5) is 5.95 Å². The van der Waals surface area contributed by atoms with Crippen LogP contribution in [0.3, 0.4) is 0 Å². The van der Waals surface area contributed by atoms with Crippen LogP contribution in [0.15, 0.2) is 54.9 Å². The second-order valence-electron chi connectivity index (χ2n) is 2.90. The summed E-state index contributed by atoms with van der Waals surface area (Å²) in [7, 11) is 0. The number of allylic oxidation sites excluding steroid dienone is 4. The van der Waals surface area contributed by atoms with Crippen LogP contribution in [0, 0.1) is 0 Å². The van der Waals surface area contributed by atoms with Crippen molar-refractivity contribution in [2.45, 2.75) is 6.04 Å². The number of anilines is 1. The second-order valence-corrected chi connectivity index (χ2v) is 2.90. The van der Waals surface area contributed by atoms with E-state index in [2.05, 4.69) is 27.4 Å². The molecule has 0 atom stereocenters. The molecule has 14 heavy (non-hydrogen) atoms. The fraction of sp³-hybridized carbons (Fsp3) is 0.0909. The van der Waals surface area contributed by atoms with Crippen molar-refractivity contribution in [2.75, 3.05) is 5.32 Å². The van der Waals surface area contributed by atoms with Gasteiger partial charge >= 0.3 is 0 Å². The lowest BCUT2D eigenvalue weighted by atomic mass is 10.2. The smallest absolute Gasteiger partial charge is 0.223 e. The Morgan fingerprint density at radius 2 is 1.57 bits per heavy atom. The minimum absolute atomic E-state index is 0.160. The van der Waals surface area contributed by atoms with Gasteiger partial charge < -0.3 is 5.32 Å². The molecule has 0 unspecified atom stereocenters. The van der Waals surface area contributed by atoms with Gasteiger partial charge in [-0.1, -0.05) is 36.5 Å². The summed E-state index contributed by atoms with van der Waals surface area (Å²) in [6.07, 6.45) is 15.5. The van der Waals surface area contributed by atoms with Crippen molar-refractivity contribution in [3.8, 4) is 0 Å². The predicted molar refractivity (Wildman–Crippen MR) is 56.9 cm³/mol. The third-order valence-electron chi connectivity index (χ3n) is 1.83. The van der Waals surface area contributed by atoms with Gasteiger partial charge in [0.05, 0.1) is 6.04 Å². The van der Waals surface area contributed by atoms with Gasteiger partial charge in [0, 0.05) is 12.4 Å². The normalized spacial score (nSPS) is 15.4. The number of hydrogen-bond acceptors (Lipinski definition) is 3. The maximum absolute atomic E-state index is 4.09. The Hall–Kier alpha value is -1.90. The van der Waals surface area contributed by atoms with Crippen molar-refractivity contribution in [1.82, 2.24) is 9.97 Å². The van der Waals surface area contributed by atoms with E-state index in [1.165, 1.54) is 0 Å². The summed E-state index contributed by atoms with van der Waals surface area (Å²) in [6.45, 7) is 0. The second kappa shape index (κ2) is 4.37. The number of nitrogens with one attached hydrogen (secondary N) is 1. The minimum atomic E-state index is 0.160. The average molecular weight is 185 g/mol. The third-order valence-corrected chi connectivity index (χ3v) is 1.83. The molecule has 0 amide bonds. The highest BCUT2D eigenvalue weighted by Gasteiger charge is 2.01. The summed E-state index contributed by atoms with van der Waals surface area (Å²) >= 11 is 0. The van der Waals surface area contributed by atoms with Crippen LogP contribution in [0.5, 0.6) is 0 Å². The van der Waals surface area contributed by atoms with Crippen molar-refractivity contribution in [3.05, 3.63) is 54.9 Å². The number of rotatable bonds is 2. The molecule has 0 bridgehead atoms. The third kappa shape index (κ3) is 2.29. The average Bonchev–Trinajstić information content (AvgIpc) is 2.48. The van der Waals surface area contributed by atoms with Crippen LogP contribution in [-0.4, -0.2) is 16.0 Å². The van der Waals surface area contributed by atoms with Crippen LogP contribution in [0.2, 0.25) is 0 Å². The zero-order chi connectivity index (χ0) is 9.64. The molecular weight excluding hydrogens is 174 g/mol. The van der Waals surface area contributed by atoms with E-state index in [0.29, 0.717) is 5.95 Å². The monoisotopic (exact) mass is 185 g/mol. The van der Waals surface area contributed by atoms with Gasteiger partial charge in [-0.3, -0.25) is 0 Å². The molecule has 1 aromatic heterocycles. The summed E-state index contributed by atoms with van der Waals surface area (Å²) in [5.74, 6) is 0.647. The van der Waals surface area contributed by atoms with E-state index in [0.717, 1.165) is 0 Å². The first kappa shape index (κ1) is 8.69. The largest absolute Gasteiger partial charge is 0.345 e. The van der Waals surface area contributed by atoms with Crippen LogP contribution in [0.1, 0.15) is 0 Å². The summed E-state index contributed by atoms with van der Waals surface area (Å²) in [6, 6.07) is 1.96. The Bertz CT molecular complexity index is 349. The van der Waals surface area contributed by atoms with E-state index >= 15 is 0 Å². The van der Waals surface area contributed by atoms with Crippen LogP contribution >= 0.6 is 0 Å². The SMILES string of the molecule is C1=CC=CC(Nc2ncccn2)C=C1. The summed E-state index contributed by atoms with van der Waals surface area (Å²) in [5.41, 5.74) is 0.